The molecule has 1 aliphatic rings. The number of carbonyl (C=O) groups is 2. The van der Waals surface area contributed by atoms with Gasteiger partial charge in [-0.1, -0.05) is 6.07 Å². The standard InChI is InChI=1S/C13H16N2O4/c1-15(6-4-10-3-2-5-14-7-10)11(16)13(12(17)18)8-19-9-13/h2-3,5,7H,4,6,8-9H2,1H3,(H,17,18). The Labute approximate surface area is 111 Å². The molecule has 0 radical (unpaired) electrons. The first-order chi connectivity index (χ1) is 9.06. The molecule has 0 spiro atoms. The van der Waals surface area contributed by atoms with E-state index < -0.39 is 17.3 Å². The third kappa shape index (κ3) is 2.58. The molecule has 1 N–H and O–H groups in total. The Bertz CT molecular complexity index is 471. The second-order valence-electron chi connectivity index (χ2n) is 4.72. The van der Waals surface area contributed by atoms with Crippen molar-refractivity contribution in [3.05, 3.63) is 30.1 Å². The molecule has 1 aliphatic heterocycles. The number of aliphatic carboxylic acids is 1. The summed E-state index contributed by atoms with van der Waals surface area (Å²) in [5.41, 5.74) is -0.375. The summed E-state index contributed by atoms with van der Waals surface area (Å²) in [6.07, 6.45) is 4.06. The highest BCUT2D eigenvalue weighted by Crippen LogP contribution is 2.30. The number of hydrogen-bond donors (Lipinski definition) is 1. The molecule has 2 heterocycles. The van der Waals surface area contributed by atoms with Crippen molar-refractivity contribution in [2.24, 2.45) is 5.41 Å². The third-order valence-corrected chi connectivity index (χ3v) is 3.32. The van der Waals surface area contributed by atoms with Gasteiger partial charge in [0, 0.05) is 26.0 Å². The van der Waals surface area contributed by atoms with Crippen molar-refractivity contribution in [2.45, 2.75) is 6.42 Å². The normalized spacial score (nSPS) is 16.5. The van der Waals surface area contributed by atoms with Gasteiger partial charge in [-0.25, -0.2) is 0 Å². The van der Waals surface area contributed by atoms with E-state index in [9.17, 15) is 9.59 Å². The van der Waals surface area contributed by atoms with Crippen LogP contribution in [0.1, 0.15) is 5.56 Å². The highest BCUT2D eigenvalue weighted by molar-refractivity contribution is 6.03. The van der Waals surface area contributed by atoms with E-state index in [1.54, 1.807) is 19.4 Å². The van der Waals surface area contributed by atoms with Crippen LogP contribution < -0.4 is 0 Å². The predicted octanol–water partition coefficient (Wildman–Crippen LogP) is 0.184. The highest BCUT2D eigenvalue weighted by Gasteiger charge is 2.54. The summed E-state index contributed by atoms with van der Waals surface area (Å²) >= 11 is 0. The molecule has 102 valence electrons. The van der Waals surface area contributed by atoms with Gasteiger partial charge in [0.15, 0.2) is 5.41 Å². The minimum atomic E-state index is -1.39. The molecule has 1 saturated heterocycles. The van der Waals surface area contributed by atoms with Crippen LogP contribution in [-0.4, -0.2) is 53.7 Å². The van der Waals surface area contributed by atoms with E-state index in [1.165, 1.54) is 4.90 Å². The Morgan fingerprint density at radius 2 is 2.26 bits per heavy atom. The van der Waals surface area contributed by atoms with Crippen molar-refractivity contribution in [1.82, 2.24) is 9.88 Å². The molecule has 0 unspecified atom stereocenters. The Hall–Kier alpha value is -1.95. The third-order valence-electron chi connectivity index (χ3n) is 3.32. The zero-order valence-corrected chi connectivity index (χ0v) is 10.7. The summed E-state index contributed by atoms with van der Waals surface area (Å²) in [6.45, 7) is 0.371. The fraction of sp³-hybridized carbons (Fsp3) is 0.462. The van der Waals surface area contributed by atoms with Crippen molar-refractivity contribution in [3.63, 3.8) is 0 Å². The van der Waals surface area contributed by atoms with Gasteiger partial charge in [-0.3, -0.25) is 14.6 Å². The monoisotopic (exact) mass is 264 g/mol. The van der Waals surface area contributed by atoms with E-state index >= 15 is 0 Å². The van der Waals surface area contributed by atoms with Gasteiger partial charge in [0.25, 0.3) is 0 Å². The van der Waals surface area contributed by atoms with Crippen LogP contribution in [0.25, 0.3) is 0 Å². The SMILES string of the molecule is CN(CCc1cccnc1)C(=O)C1(C(=O)O)COC1. The van der Waals surface area contributed by atoms with E-state index in [0.717, 1.165) is 5.56 Å². The number of amides is 1. The minimum Gasteiger partial charge on any atom is -0.480 e. The van der Waals surface area contributed by atoms with E-state index in [0.29, 0.717) is 13.0 Å². The number of aromatic nitrogens is 1. The molecular formula is C13H16N2O4. The van der Waals surface area contributed by atoms with Crippen molar-refractivity contribution < 1.29 is 19.4 Å². The van der Waals surface area contributed by atoms with Crippen molar-refractivity contribution in [2.75, 3.05) is 26.8 Å². The molecule has 0 aromatic carbocycles. The topological polar surface area (TPSA) is 79.7 Å². The number of carboxylic acids is 1. The van der Waals surface area contributed by atoms with Crippen LogP contribution in [0.3, 0.4) is 0 Å². The van der Waals surface area contributed by atoms with Crippen molar-refractivity contribution in [1.29, 1.82) is 0 Å². The molecule has 1 aromatic heterocycles. The van der Waals surface area contributed by atoms with Crippen LogP contribution in [0.15, 0.2) is 24.5 Å². The van der Waals surface area contributed by atoms with E-state index in [-0.39, 0.29) is 13.2 Å². The van der Waals surface area contributed by atoms with Gasteiger partial charge < -0.3 is 14.7 Å². The number of hydrogen-bond acceptors (Lipinski definition) is 4. The Balaban J connectivity index is 1.94. The fourth-order valence-electron chi connectivity index (χ4n) is 1.95. The number of likely N-dealkylation sites (N-methyl/N-ethyl adjacent to an activating group) is 1. The molecule has 0 saturated carbocycles. The lowest BCUT2D eigenvalue weighted by atomic mass is 9.84. The zero-order valence-electron chi connectivity index (χ0n) is 10.7. The summed E-state index contributed by atoms with van der Waals surface area (Å²) in [6, 6.07) is 3.75. The van der Waals surface area contributed by atoms with E-state index in [2.05, 4.69) is 4.98 Å². The van der Waals surface area contributed by atoms with E-state index in [1.807, 2.05) is 12.1 Å². The molecule has 1 amide bonds. The van der Waals surface area contributed by atoms with Crippen LogP contribution in [0.2, 0.25) is 0 Å². The zero-order chi connectivity index (χ0) is 13.9. The number of rotatable bonds is 5. The van der Waals surface area contributed by atoms with Crippen LogP contribution in [0, 0.1) is 5.41 Å². The summed E-state index contributed by atoms with van der Waals surface area (Å²) in [7, 11) is 1.61. The smallest absolute Gasteiger partial charge is 0.324 e. The number of ether oxygens (including phenoxy) is 1. The van der Waals surface area contributed by atoms with Gasteiger partial charge in [0.2, 0.25) is 5.91 Å². The van der Waals surface area contributed by atoms with Crippen LogP contribution in [0.5, 0.6) is 0 Å². The number of nitrogens with zero attached hydrogens (tertiary/aromatic N) is 2. The molecule has 0 atom stereocenters. The summed E-state index contributed by atoms with van der Waals surface area (Å²) in [5, 5.41) is 9.15. The highest BCUT2D eigenvalue weighted by atomic mass is 16.5. The molecule has 19 heavy (non-hydrogen) atoms. The average Bonchev–Trinajstić information content (AvgIpc) is 2.35. The molecule has 1 aromatic rings. The molecule has 2 rings (SSSR count). The quantitative estimate of drug-likeness (QED) is 0.768. The maximum absolute atomic E-state index is 12.2. The molecule has 6 nitrogen and oxygen atoms in total. The van der Waals surface area contributed by atoms with Gasteiger partial charge in [0.05, 0.1) is 13.2 Å². The Morgan fingerprint density at radius 1 is 1.53 bits per heavy atom. The summed E-state index contributed by atoms with van der Waals surface area (Å²) in [5.74, 6) is -1.51. The van der Waals surface area contributed by atoms with Crippen molar-refractivity contribution >= 4 is 11.9 Å². The van der Waals surface area contributed by atoms with E-state index in [4.69, 9.17) is 9.84 Å². The van der Waals surface area contributed by atoms with Gasteiger partial charge >= 0.3 is 5.97 Å². The predicted molar refractivity (Wildman–Crippen MR) is 66.5 cm³/mol. The molecule has 6 heteroatoms. The summed E-state index contributed by atoms with van der Waals surface area (Å²) in [4.78, 5) is 28.8. The van der Waals surface area contributed by atoms with Crippen LogP contribution >= 0.6 is 0 Å². The number of carbonyl (C=O) groups excluding carboxylic acids is 1. The summed E-state index contributed by atoms with van der Waals surface area (Å²) < 4.78 is 4.90. The first kappa shape index (κ1) is 13.5. The first-order valence-corrected chi connectivity index (χ1v) is 6.02. The van der Waals surface area contributed by atoms with Gasteiger partial charge in [-0.05, 0) is 18.1 Å². The lowest BCUT2D eigenvalue weighted by molar-refractivity contribution is -0.190. The van der Waals surface area contributed by atoms with Gasteiger partial charge in [-0.2, -0.15) is 0 Å². The van der Waals surface area contributed by atoms with Crippen LogP contribution in [0.4, 0.5) is 0 Å². The maximum Gasteiger partial charge on any atom is 0.324 e. The van der Waals surface area contributed by atoms with Gasteiger partial charge in [0.1, 0.15) is 0 Å². The largest absolute Gasteiger partial charge is 0.480 e. The average molecular weight is 264 g/mol. The lowest BCUT2D eigenvalue weighted by Crippen LogP contribution is -2.59. The molecular weight excluding hydrogens is 248 g/mol. The van der Waals surface area contributed by atoms with Crippen LogP contribution in [-0.2, 0) is 20.7 Å². The molecule has 0 aliphatic carbocycles. The second-order valence-corrected chi connectivity index (χ2v) is 4.72. The van der Waals surface area contributed by atoms with Crippen molar-refractivity contribution in [3.8, 4) is 0 Å². The fourth-order valence-corrected chi connectivity index (χ4v) is 1.95. The Kier molecular flexibility index (Phi) is 3.80. The number of carboxylic acid groups (broad SMARTS) is 1. The Morgan fingerprint density at radius 3 is 2.74 bits per heavy atom. The molecule has 1 fully saturated rings. The first-order valence-electron chi connectivity index (χ1n) is 6.02. The maximum atomic E-state index is 12.2. The molecule has 0 bridgehead atoms. The minimum absolute atomic E-state index is 0.0433. The lowest BCUT2D eigenvalue weighted by Gasteiger charge is -2.38. The second kappa shape index (κ2) is 5.36. The van der Waals surface area contributed by atoms with Gasteiger partial charge in [-0.15, -0.1) is 0 Å². The number of pyridine rings is 1.